The third kappa shape index (κ3) is 6.07. The summed E-state index contributed by atoms with van der Waals surface area (Å²) in [6.45, 7) is 9.09. The van der Waals surface area contributed by atoms with E-state index in [1.807, 2.05) is 25.1 Å². The highest BCUT2D eigenvalue weighted by atomic mass is 32.2. The van der Waals surface area contributed by atoms with E-state index in [-0.39, 0.29) is 18.0 Å². The van der Waals surface area contributed by atoms with Gasteiger partial charge in [0, 0.05) is 6.04 Å². The fraction of sp³-hybridized carbons (Fsp3) is 0.571. The summed E-state index contributed by atoms with van der Waals surface area (Å²) in [6.07, 6.45) is 0.941. The molecule has 0 radical (unpaired) electrons. The lowest BCUT2D eigenvalue weighted by Gasteiger charge is -2.23. The molecule has 1 N–H and O–H groups in total. The third-order valence-corrected chi connectivity index (χ3v) is 5.92. The van der Waals surface area contributed by atoms with E-state index in [0.29, 0.717) is 18.2 Å². The Morgan fingerprint density at radius 2 is 1.86 bits per heavy atom. The fourth-order valence-corrected chi connectivity index (χ4v) is 3.69. The number of nitrogens with one attached hydrogen (secondary N) is 1. The van der Waals surface area contributed by atoms with Crippen LogP contribution in [-0.2, 0) is 11.3 Å². The Hall–Kier alpha value is -1.86. The van der Waals surface area contributed by atoms with Gasteiger partial charge in [-0.1, -0.05) is 62.9 Å². The summed E-state index contributed by atoms with van der Waals surface area (Å²) < 4.78 is 2.15. The second-order valence-corrected chi connectivity index (χ2v) is 8.63. The predicted octanol–water partition coefficient (Wildman–Crippen LogP) is 3.59. The SMILES string of the molecule is CC[C@@H](c1nnc(SCC(=O)N[C@H](C)C(C)C)n1Cc1ccccc1)N(C)C. The maximum absolute atomic E-state index is 12.3. The predicted molar refractivity (Wildman–Crippen MR) is 115 cm³/mol. The van der Waals surface area contributed by atoms with E-state index in [2.05, 4.69) is 72.0 Å². The summed E-state index contributed by atoms with van der Waals surface area (Å²) in [6, 6.07) is 10.6. The molecule has 0 bridgehead atoms. The van der Waals surface area contributed by atoms with E-state index in [0.717, 1.165) is 17.4 Å². The van der Waals surface area contributed by atoms with Crippen LogP contribution in [0.2, 0.25) is 0 Å². The van der Waals surface area contributed by atoms with Crippen LogP contribution in [0.5, 0.6) is 0 Å². The zero-order valence-corrected chi connectivity index (χ0v) is 18.7. The van der Waals surface area contributed by atoms with Gasteiger partial charge < -0.3 is 9.88 Å². The Balaban J connectivity index is 2.21. The van der Waals surface area contributed by atoms with E-state index in [1.165, 1.54) is 17.3 Å². The number of aromatic nitrogens is 3. The first-order chi connectivity index (χ1) is 13.3. The van der Waals surface area contributed by atoms with Crippen molar-refractivity contribution < 1.29 is 4.79 Å². The third-order valence-electron chi connectivity index (χ3n) is 4.96. The monoisotopic (exact) mass is 403 g/mol. The van der Waals surface area contributed by atoms with Gasteiger partial charge in [-0.05, 0) is 38.9 Å². The van der Waals surface area contributed by atoms with Crippen molar-refractivity contribution in [2.45, 2.75) is 57.9 Å². The topological polar surface area (TPSA) is 63.1 Å². The van der Waals surface area contributed by atoms with Crippen LogP contribution < -0.4 is 5.32 Å². The van der Waals surface area contributed by atoms with Crippen molar-refractivity contribution in [1.82, 2.24) is 25.0 Å². The highest BCUT2D eigenvalue weighted by Crippen LogP contribution is 2.26. The molecule has 7 heteroatoms. The van der Waals surface area contributed by atoms with Crippen LogP contribution in [0.3, 0.4) is 0 Å². The first-order valence-electron chi connectivity index (χ1n) is 9.89. The van der Waals surface area contributed by atoms with Crippen LogP contribution >= 0.6 is 11.8 Å². The minimum atomic E-state index is 0.0293. The van der Waals surface area contributed by atoms with Gasteiger partial charge in [-0.2, -0.15) is 0 Å². The van der Waals surface area contributed by atoms with Crippen molar-refractivity contribution in [2.24, 2.45) is 5.92 Å². The fourth-order valence-electron chi connectivity index (χ4n) is 2.94. The lowest BCUT2D eigenvalue weighted by atomic mass is 10.1. The van der Waals surface area contributed by atoms with Gasteiger partial charge in [0.2, 0.25) is 5.91 Å². The number of benzene rings is 1. The van der Waals surface area contributed by atoms with Crippen LogP contribution in [0.4, 0.5) is 0 Å². The molecule has 154 valence electrons. The van der Waals surface area contributed by atoms with Gasteiger partial charge in [-0.15, -0.1) is 10.2 Å². The number of thioether (sulfide) groups is 1. The molecule has 1 heterocycles. The Morgan fingerprint density at radius 3 is 2.43 bits per heavy atom. The van der Waals surface area contributed by atoms with Crippen molar-refractivity contribution in [2.75, 3.05) is 19.8 Å². The molecule has 2 aromatic rings. The van der Waals surface area contributed by atoms with Crippen LogP contribution in [0.1, 0.15) is 51.5 Å². The molecule has 1 aromatic heterocycles. The highest BCUT2D eigenvalue weighted by molar-refractivity contribution is 7.99. The second kappa shape index (κ2) is 10.6. The normalized spacial score (nSPS) is 13.7. The summed E-state index contributed by atoms with van der Waals surface area (Å²) in [5.74, 6) is 1.71. The largest absolute Gasteiger partial charge is 0.353 e. The van der Waals surface area contributed by atoms with Crippen LogP contribution in [0.15, 0.2) is 35.5 Å². The van der Waals surface area contributed by atoms with Gasteiger partial charge in [-0.25, -0.2) is 0 Å². The molecule has 1 amide bonds. The molecule has 2 rings (SSSR count). The van der Waals surface area contributed by atoms with E-state index >= 15 is 0 Å². The van der Waals surface area contributed by atoms with E-state index < -0.39 is 0 Å². The maximum Gasteiger partial charge on any atom is 0.230 e. The molecule has 0 aliphatic rings. The minimum absolute atomic E-state index is 0.0293. The molecule has 2 atom stereocenters. The molecule has 0 aliphatic heterocycles. The summed E-state index contributed by atoms with van der Waals surface area (Å²) in [5, 5.41) is 12.7. The summed E-state index contributed by atoms with van der Waals surface area (Å²) in [5.41, 5.74) is 1.19. The van der Waals surface area contributed by atoms with Crippen molar-refractivity contribution in [1.29, 1.82) is 0 Å². The number of hydrogen-bond donors (Lipinski definition) is 1. The molecular weight excluding hydrogens is 370 g/mol. The van der Waals surface area contributed by atoms with Crippen LogP contribution in [0, 0.1) is 5.92 Å². The quantitative estimate of drug-likeness (QED) is 0.614. The van der Waals surface area contributed by atoms with Crippen molar-refractivity contribution in [3.8, 4) is 0 Å². The zero-order valence-electron chi connectivity index (χ0n) is 17.8. The Morgan fingerprint density at radius 1 is 1.18 bits per heavy atom. The second-order valence-electron chi connectivity index (χ2n) is 7.69. The van der Waals surface area contributed by atoms with Gasteiger partial charge in [0.1, 0.15) is 0 Å². The number of carbonyl (C=O) groups is 1. The first-order valence-corrected chi connectivity index (χ1v) is 10.9. The number of hydrogen-bond acceptors (Lipinski definition) is 5. The smallest absolute Gasteiger partial charge is 0.230 e. The molecule has 6 nitrogen and oxygen atoms in total. The van der Waals surface area contributed by atoms with Gasteiger partial charge in [-0.3, -0.25) is 9.69 Å². The van der Waals surface area contributed by atoms with Crippen LogP contribution in [-0.4, -0.2) is 51.5 Å². The van der Waals surface area contributed by atoms with Crippen molar-refractivity contribution >= 4 is 17.7 Å². The number of carbonyl (C=O) groups excluding carboxylic acids is 1. The maximum atomic E-state index is 12.3. The number of amides is 1. The Labute approximate surface area is 173 Å². The molecule has 28 heavy (non-hydrogen) atoms. The summed E-state index contributed by atoms with van der Waals surface area (Å²) in [7, 11) is 4.12. The summed E-state index contributed by atoms with van der Waals surface area (Å²) in [4.78, 5) is 14.5. The molecule has 0 saturated heterocycles. The lowest BCUT2D eigenvalue weighted by molar-refractivity contribution is -0.119. The number of nitrogens with zero attached hydrogens (tertiary/aromatic N) is 4. The van der Waals surface area contributed by atoms with E-state index in [9.17, 15) is 4.79 Å². The van der Waals surface area contributed by atoms with Crippen molar-refractivity contribution in [3.63, 3.8) is 0 Å². The minimum Gasteiger partial charge on any atom is -0.353 e. The van der Waals surface area contributed by atoms with Crippen LogP contribution in [0.25, 0.3) is 0 Å². The Kier molecular flexibility index (Phi) is 8.51. The molecule has 1 aromatic carbocycles. The molecular formula is C21H33N5OS. The van der Waals surface area contributed by atoms with Gasteiger partial charge in [0.15, 0.2) is 11.0 Å². The molecule has 0 spiro atoms. The molecule has 0 aliphatic carbocycles. The Bertz CT molecular complexity index is 745. The lowest BCUT2D eigenvalue weighted by Crippen LogP contribution is -2.37. The van der Waals surface area contributed by atoms with Gasteiger partial charge in [0.25, 0.3) is 0 Å². The van der Waals surface area contributed by atoms with Gasteiger partial charge in [0.05, 0.1) is 18.3 Å². The van der Waals surface area contributed by atoms with E-state index in [1.54, 1.807) is 0 Å². The van der Waals surface area contributed by atoms with Gasteiger partial charge >= 0.3 is 0 Å². The van der Waals surface area contributed by atoms with Crippen molar-refractivity contribution in [3.05, 3.63) is 41.7 Å². The molecule has 0 unspecified atom stereocenters. The number of rotatable bonds is 10. The average Bonchev–Trinajstić information content (AvgIpc) is 3.03. The highest BCUT2D eigenvalue weighted by Gasteiger charge is 2.23. The zero-order chi connectivity index (χ0) is 20.7. The average molecular weight is 404 g/mol. The molecule has 0 fully saturated rings. The molecule has 0 saturated carbocycles. The van der Waals surface area contributed by atoms with E-state index in [4.69, 9.17) is 0 Å². The first kappa shape index (κ1) is 22.4. The standard InChI is InChI=1S/C21H33N5OS/c1-7-18(25(5)6)20-23-24-21(26(20)13-17-11-9-8-10-12-17)28-14-19(27)22-16(4)15(2)3/h8-12,15-16,18H,7,13-14H2,1-6H3,(H,22,27)/t16-,18+/m1/s1. The summed E-state index contributed by atoms with van der Waals surface area (Å²) >= 11 is 1.45.